The van der Waals surface area contributed by atoms with Crippen LogP contribution in [0.15, 0.2) is 33.2 Å². The Kier molecular flexibility index (Phi) is 4.97. The third-order valence-corrected chi connectivity index (χ3v) is 3.84. The third-order valence-electron chi connectivity index (χ3n) is 3.58. The maximum Gasteiger partial charge on any atom is 0.240 e. The summed E-state index contributed by atoms with van der Waals surface area (Å²) in [5, 5.41) is 4.59. The van der Waals surface area contributed by atoms with Crippen molar-refractivity contribution >= 4 is 11.6 Å². The Labute approximate surface area is 145 Å². The quantitative estimate of drug-likeness (QED) is 0.674. The van der Waals surface area contributed by atoms with E-state index >= 15 is 0 Å². The van der Waals surface area contributed by atoms with E-state index in [1.165, 1.54) is 0 Å². The maximum atomic E-state index is 5.93. The minimum Gasteiger partial charge on any atom is -0.439 e. The van der Waals surface area contributed by atoms with Gasteiger partial charge in [-0.05, 0) is 38.2 Å². The molecule has 1 aromatic carbocycles. The zero-order valence-electron chi connectivity index (χ0n) is 13.9. The summed E-state index contributed by atoms with van der Waals surface area (Å²) in [5.74, 6) is 2.72. The van der Waals surface area contributed by atoms with E-state index in [9.17, 15) is 0 Å². The summed E-state index contributed by atoms with van der Waals surface area (Å²) in [6.45, 7) is 5.03. The molecular weight excluding hydrogens is 328 g/mol. The van der Waals surface area contributed by atoms with Crippen molar-refractivity contribution in [1.82, 2.24) is 20.0 Å². The lowest BCUT2D eigenvalue weighted by Crippen LogP contribution is -2.17. The molecule has 0 saturated carbocycles. The van der Waals surface area contributed by atoms with Gasteiger partial charge in [0.15, 0.2) is 11.6 Å². The number of aromatic nitrogens is 3. The van der Waals surface area contributed by atoms with Crippen LogP contribution in [0.25, 0.3) is 11.3 Å². The van der Waals surface area contributed by atoms with E-state index in [1.54, 1.807) is 0 Å². The SMILES string of the molecule is CCc1noc(CN(C)Cc2nc(C)c(-c3ccc(Cl)cc3)o2)n1. The first-order chi connectivity index (χ1) is 11.5. The highest BCUT2D eigenvalue weighted by molar-refractivity contribution is 6.30. The minimum atomic E-state index is 0.546. The average Bonchev–Trinajstić information content (AvgIpc) is 3.14. The molecule has 0 amide bonds. The molecule has 126 valence electrons. The topological polar surface area (TPSA) is 68.2 Å². The zero-order valence-corrected chi connectivity index (χ0v) is 14.7. The predicted molar refractivity (Wildman–Crippen MR) is 90.5 cm³/mol. The van der Waals surface area contributed by atoms with E-state index in [1.807, 2.05) is 50.1 Å². The number of halogens is 1. The molecule has 0 unspecified atom stereocenters. The van der Waals surface area contributed by atoms with Gasteiger partial charge in [0.1, 0.15) is 0 Å². The van der Waals surface area contributed by atoms with Crippen LogP contribution in [0.2, 0.25) is 5.02 Å². The first-order valence-corrected chi connectivity index (χ1v) is 8.15. The predicted octanol–water partition coefficient (Wildman–Crippen LogP) is 3.88. The van der Waals surface area contributed by atoms with Gasteiger partial charge in [-0.2, -0.15) is 4.98 Å². The molecule has 0 aliphatic rings. The van der Waals surface area contributed by atoms with Gasteiger partial charge in [-0.25, -0.2) is 4.98 Å². The second-order valence-electron chi connectivity index (χ2n) is 5.66. The van der Waals surface area contributed by atoms with E-state index in [4.69, 9.17) is 20.5 Å². The van der Waals surface area contributed by atoms with Crippen molar-refractivity contribution in [2.45, 2.75) is 33.4 Å². The summed E-state index contributed by atoms with van der Waals surface area (Å²) >= 11 is 5.93. The second kappa shape index (κ2) is 7.15. The molecule has 0 aliphatic heterocycles. The van der Waals surface area contributed by atoms with Crippen molar-refractivity contribution in [2.75, 3.05) is 7.05 Å². The number of benzene rings is 1. The summed E-state index contributed by atoms with van der Waals surface area (Å²) in [4.78, 5) is 10.8. The highest BCUT2D eigenvalue weighted by atomic mass is 35.5. The fraction of sp³-hybridized carbons (Fsp3) is 0.353. The molecule has 2 aromatic heterocycles. The fourth-order valence-corrected chi connectivity index (χ4v) is 2.53. The van der Waals surface area contributed by atoms with Crippen molar-refractivity contribution in [3.63, 3.8) is 0 Å². The van der Waals surface area contributed by atoms with Crippen molar-refractivity contribution in [1.29, 1.82) is 0 Å². The Morgan fingerprint density at radius 3 is 2.46 bits per heavy atom. The summed E-state index contributed by atoms with van der Waals surface area (Å²) in [6, 6.07) is 7.53. The Morgan fingerprint density at radius 2 is 1.79 bits per heavy atom. The van der Waals surface area contributed by atoms with Crippen LogP contribution < -0.4 is 0 Å². The van der Waals surface area contributed by atoms with Gasteiger partial charge in [0.05, 0.1) is 18.8 Å². The zero-order chi connectivity index (χ0) is 17.1. The van der Waals surface area contributed by atoms with E-state index in [-0.39, 0.29) is 0 Å². The molecule has 6 nitrogen and oxygen atoms in total. The number of oxazole rings is 1. The van der Waals surface area contributed by atoms with Gasteiger partial charge in [0.25, 0.3) is 0 Å². The van der Waals surface area contributed by atoms with Gasteiger partial charge in [0, 0.05) is 17.0 Å². The second-order valence-corrected chi connectivity index (χ2v) is 6.10. The van der Waals surface area contributed by atoms with Gasteiger partial charge < -0.3 is 8.94 Å². The highest BCUT2D eigenvalue weighted by Gasteiger charge is 2.15. The fourth-order valence-electron chi connectivity index (χ4n) is 2.40. The summed E-state index contributed by atoms with van der Waals surface area (Å²) < 4.78 is 11.1. The maximum absolute atomic E-state index is 5.93. The molecule has 24 heavy (non-hydrogen) atoms. The molecule has 0 N–H and O–H groups in total. The van der Waals surface area contributed by atoms with Gasteiger partial charge >= 0.3 is 0 Å². The monoisotopic (exact) mass is 346 g/mol. The molecule has 0 radical (unpaired) electrons. The third kappa shape index (κ3) is 3.83. The standard InChI is InChI=1S/C17H19ClN4O2/c1-4-14-20-16(24-21-14)10-22(3)9-15-19-11(2)17(23-15)12-5-7-13(18)8-6-12/h5-8H,4,9-10H2,1-3H3. The molecule has 3 aromatic rings. The average molecular weight is 347 g/mol. The van der Waals surface area contributed by atoms with Crippen LogP contribution in [-0.4, -0.2) is 27.1 Å². The first kappa shape index (κ1) is 16.7. The normalized spacial score (nSPS) is 11.4. The largest absolute Gasteiger partial charge is 0.439 e. The number of aryl methyl sites for hydroxylation is 2. The Morgan fingerprint density at radius 1 is 1.08 bits per heavy atom. The van der Waals surface area contributed by atoms with Crippen LogP contribution in [-0.2, 0) is 19.5 Å². The van der Waals surface area contributed by atoms with Crippen molar-refractivity contribution in [3.8, 4) is 11.3 Å². The molecule has 0 spiro atoms. The molecule has 0 saturated heterocycles. The number of nitrogens with zero attached hydrogens (tertiary/aromatic N) is 4. The Bertz CT molecular complexity index is 810. The molecule has 0 aliphatic carbocycles. The van der Waals surface area contributed by atoms with Crippen LogP contribution in [0.3, 0.4) is 0 Å². The highest BCUT2D eigenvalue weighted by Crippen LogP contribution is 2.26. The summed E-state index contributed by atoms with van der Waals surface area (Å²) in [6.07, 6.45) is 0.761. The molecule has 7 heteroatoms. The van der Waals surface area contributed by atoms with E-state index in [2.05, 4.69) is 15.1 Å². The van der Waals surface area contributed by atoms with Gasteiger partial charge in [-0.15, -0.1) is 0 Å². The van der Waals surface area contributed by atoms with Crippen LogP contribution >= 0.6 is 11.6 Å². The van der Waals surface area contributed by atoms with Gasteiger partial charge in [0.2, 0.25) is 11.8 Å². The Hall–Kier alpha value is -2.18. The Balaban J connectivity index is 1.69. The molecular formula is C17H19ClN4O2. The number of hydrogen-bond acceptors (Lipinski definition) is 6. The molecule has 3 rings (SSSR count). The first-order valence-electron chi connectivity index (χ1n) is 7.77. The lowest BCUT2D eigenvalue weighted by atomic mass is 10.1. The van der Waals surface area contributed by atoms with Gasteiger partial charge in [-0.3, -0.25) is 4.90 Å². The van der Waals surface area contributed by atoms with Crippen molar-refractivity contribution in [2.24, 2.45) is 0 Å². The van der Waals surface area contributed by atoms with Gasteiger partial charge in [-0.1, -0.05) is 23.7 Å². The summed E-state index contributed by atoms with van der Waals surface area (Å²) in [7, 11) is 1.96. The van der Waals surface area contributed by atoms with Crippen molar-refractivity contribution in [3.05, 3.63) is 52.6 Å². The van der Waals surface area contributed by atoms with Crippen LogP contribution in [0.4, 0.5) is 0 Å². The van der Waals surface area contributed by atoms with Crippen LogP contribution in [0.5, 0.6) is 0 Å². The van der Waals surface area contributed by atoms with Crippen LogP contribution in [0.1, 0.15) is 30.2 Å². The molecule has 0 atom stereocenters. The minimum absolute atomic E-state index is 0.546. The number of rotatable bonds is 6. The van der Waals surface area contributed by atoms with E-state index in [0.717, 1.165) is 29.3 Å². The number of hydrogen-bond donors (Lipinski definition) is 0. The molecule has 2 heterocycles. The summed E-state index contributed by atoms with van der Waals surface area (Å²) in [5.41, 5.74) is 1.81. The smallest absolute Gasteiger partial charge is 0.240 e. The lowest BCUT2D eigenvalue weighted by molar-refractivity contribution is 0.241. The van der Waals surface area contributed by atoms with E-state index in [0.29, 0.717) is 29.9 Å². The molecule has 0 bridgehead atoms. The lowest BCUT2D eigenvalue weighted by Gasteiger charge is -2.10. The van der Waals surface area contributed by atoms with Crippen molar-refractivity contribution < 1.29 is 8.94 Å². The van der Waals surface area contributed by atoms with Crippen LogP contribution in [0, 0.1) is 6.92 Å². The van der Waals surface area contributed by atoms with E-state index < -0.39 is 0 Å². The molecule has 0 fully saturated rings.